The Morgan fingerprint density at radius 3 is 2.38 bits per heavy atom. The van der Waals surface area contributed by atoms with Crippen molar-refractivity contribution >= 4 is 11.5 Å². The molecule has 0 radical (unpaired) electrons. The van der Waals surface area contributed by atoms with Crippen LogP contribution in [-0.2, 0) is 0 Å². The number of nitrogens with zero attached hydrogens (tertiary/aromatic N) is 1. The Morgan fingerprint density at radius 2 is 1.88 bits per heavy atom. The first kappa shape index (κ1) is 19.3. The third-order valence-corrected chi connectivity index (χ3v) is 3.72. The van der Waals surface area contributed by atoms with Gasteiger partial charge in [-0.15, -0.1) is 0 Å². The summed E-state index contributed by atoms with van der Waals surface area (Å²) in [6.07, 6.45) is 8.25. The smallest absolute Gasteiger partial charge is 0.251 e. The molecule has 0 spiro atoms. The molecule has 24 heavy (non-hydrogen) atoms. The number of hydrogen-bond donors (Lipinski definition) is 2. The van der Waals surface area contributed by atoms with Gasteiger partial charge < -0.3 is 16.0 Å². The van der Waals surface area contributed by atoms with Crippen molar-refractivity contribution in [2.75, 3.05) is 21.1 Å². The van der Waals surface area contributed by atoms with Gasteiger partial charge in [0.25, 0.3) is 5.91 Å². The minimum Gasteiger partial charge on any atom is -0.403 e. The highest BCUT2D eigenvalue weighted by Crippen LogP contribution is 2.25. The number of amides is 1. The zero-order valence-electron chi connectivity index (χ0n) is 15.0. The number of hydrogen-bond acceptors (Lipinski definition) is 3. The SMILES string of the molecule is C=C(CC(/C=C\C(=C\N)N(C)C)=C/C)c1ccccc1C(=O)NC. The average molecular weight is 325 g/mol. The zero-order valence-corrected chi connectivity index (χ0v) is 15.0. The van der Waals surface area contributed by atoms with Crippen molar-refractivity contribution in [3.8, 4) is 0 Å². The number of carbonyl (C=O) groups is 1. The first-order chi connectivity index (χ1) is 11.4. The van der Waals surface area contributed by atoms with E-state index in [0.717, 1.165) is 22.4 Å². The Hall–Kier alpha value is -2.75. The Morgan fingerprint density at radius 1 is 1.25 bits per heavy atom. The molecule has 4 heteroatoms. The summed E-state index contributed by atoms with van der Waals surface area (Å²) >= 11 is 0. The van der Waals surface area contributed by atoms with Gasteiger partial charge in [-0.25, -0.2) is 0 Å². The van der Waals surface area contributed by atoms with Crippen molar-refractivity contribution in [2.24, 2.45) is 5.73 Å². The third-order valence-electron chi connectivity index (χ3n) is 3.72. The van der Waals surface area contributed by atoms with E-state index in [1.807, 2.05) is 68.4 Å². The summed E-state index contributed by atoms with van der Waals surface area (Å²) in [4.78, 5) is 14.0. The van der Waals surface area contributed by atoms with Crippen LogP contribution in [0.15, 0.2) is 66.5 Å². The minimum atomic E-state index is -0.106. The molecule has 0 aliphatic heterocycles. The first-order valence-electron chi connectivity index (χ1n) is 7.86. The van der Waals surface area contributed by atoms with Crippen LogP contribution in [0.3, 0.4) is 0 Å². The minimum absolute atomic E-state index is 0.106. The highest BCUT2D eigenvalue weighted by Gasteiger charge is 2.12. The van der Waals surface area contributed by atoms with E-state index in [-0.39, 0.29) is 5.91 Å². The van der Waals surface area contributed by atoms with E-state index in [1.165, 1.54) is 0 Å². The maximum absolute atomic E-state index is 12.0. The molecule has 0 atom stereocenters. The highest BCUT2D eigenvalue weighted by molar-refractivity contribution is 5.99. The Balaban J connectivity index is 2.98. The van der Waals surface area contributed by atoms with Gasteiger partial charge >= 0.3 is 0 Å². The van der Waals surface area contributed by atoms with Crippen LogP contribution in [0.2, 0.25) is 0 Å². The highest BCUT2D eigenvalue weighted by atomic mass is 16.1. The van der Waals surface area contributed by atoms with Crippen molar-refractivity contribution in [3.05, 3.63) is 77.7 Å². The van der Waals surface area contributed by atoms with Crippen molar-refractivity contribution < 1.29 is 4.79 Å². The summed E-state index contributed by atoms with van der Waals surface area (Å²) in [5, 5.41) is 2.67. The lowest BCUT2D eigenvalue weighted by molar-refractivity contribution is 0.0963. The van der Waals surface area contributed by atoms with Crippen LogP contribution in [0, 0.1) is 0 Å². The molecule has 0 aromatic heterocycles. The fourth-order valence-electron chi connectivity index (χ4n) is 2.27. The quantitative estimate of drug-likeness (QED) is 0.756. The van der Waals surface area contributed by atoms with Crippen LogP contribution in [0.25, 0.3) is 5.57 Å². The second kappa shape index (κ2) is 9.40. The predicted molar refractivity (Wildman–Crippen MR) is 102 cm³/mol. The molecule has 128 valence electrons. The number of nitrogens with one attached hydrogen (secondary N) is 1. The summed E-state index contributed by atoms with van der Waals surface area (Å²) in [6.45, 7) is 6.15. The molecule has 0 aliphatic rings. The number of rotatable bonds is 7. The number of carbonyl (C=O) groups excluding carboxylic acids is 1. The maximum atomic E-state index is 12.0. The number of likely N-dealkylation sites (N-methyl/N-ethyl adjacent to an activating group) is 1. The van der Waals surface area contributed by atoms with Gasteiger partial charge in [0.1, 0.15) is 0 Å². The first-order valence-corrected chi connectivity index (χ1v) is 7.86. The molecule has 0 saturated heterocycles. The van der Waals surface area contributed by atoms with Crippen molar-refractivity contribution in [3.63, 3.8) is 0 Å². The van der Waals surface area contributed by atoms with E-state index < -0.39 is 0 Å². The van der Waals surface area contributed by atoms with Gasteiger partial charge in [-0.1, -0.05) is 36.9 Å². The van der Waals surface area contributed by atoms with Crippen LogP contribution in [0.5, 0.6) is 0 Å². The van der Waals surface area contributed by atoms with E-state index in [1.54, 1.807) is 13.2 Å². The summed E-state index contributed by atoms with van der Waals surface area (Å²) in [5.74, 6) is -0.106. The molecule has 0 aliphatic carbocycles. The molecule has 0 heterocycles. The summed E-state index contributed by atoms with van der Waals surface area (Å²) in [7, 11) is 5.51. The molecular formula is C20H27N3O. The van der Waals surface area contributed by atoms with Crippen LogP contribution in [0.4, 0.5) is 0 Å². The molecular weight excluding hydrogens is 298 g/mol. The van der Waals surface area contributed by atoms with E-state index in [0.29, 0.717) is 12.0 Å². The van der Waals surface area contributed by atoms with Gasteiger partial charge in [0.05, 0.1) is 5.70 Å². The molecule has 1 aromatic carbocycles. The largest absolute Gasteiger partial charge is 0.403 e. The topological polar surface area (TPSA) is 58.4 Å². The van der Waals surface area contributed by atoms with Crippen molar-refractivity contribution in [1.82, 2.24) is 10.2 Å². The molecule has 0 saturated carbocycles. The van der Waals surface area contributed by atoms with E-state index >= 15 is 0 Å². The second-order valence-electron chi connectivity index (χ2n) is 5.59. The van der Waals surface area contributed by atoms with Crippen LogP contribution >= 0.6 is 0 Å². The van der Waals surface area contributed by atoms with Crippen LogP contribution < -0.4 is 11.1 Å². The van der Waals surface area contributed by atoms with Gasteiger partial charge in [-0.2, -0.15) is 0 Å². The summed E-state index contributed by atoms with van der Waals surface area (Å²) < 4.78 is 0. The van der Waals surface area contributed by atoms with E-state index in [4.69, 9.17) is 5.73 Å². The lowest BCUT2D eigenvalue weighted by Gasteiger charge is -2.14. The zero-order chi connectivity index (χ0) is 18.1. The number of nitrogens with two attached hydrogens (primary N) is 1. The molecule has 1 rings (SSSR count). The van der Waals surface area contributed by atoms with Crippen molar-refractivity contribution in [2.45, 2.75) is 13.3 Å². The molecule has 0 unspecified atom stereocenters. The molecule has 1 aromatic rings. The molecule has 4 nitrogen and oxygen atoms in total. The Labute approximate surface area is 145 Å². The van der Waals surface area contributed by atoms with E-state index in [9.17, 15) is 4.79 Å². The van der Waals surface area contributed by atoms with Crippen LogP contribution in [-0.4, -0.2) is 32.0 Å². The monoisotopic (exact) mass is 325 g/mol. The summed E-state index contributed by atoms with van der Waals surface area (Å²) in [6, 6.07) is 7.51. The molecule has 0 fully saturated rings. The third kappa shape index (κ3) is 5.16. The van der Waals surface area contributed by atoms with Gasteiger partial charge in [0.15, 0.2) is 0 Å². The normalized spacial score (nSPS) is 12.3. The maximum Gasteiger partial charge on any atom is 0.251 e. The number of benzene rings is 1. The molecule has 1 amide bonds. The van der Waals surface area contributed by atoms with Crippen molar-refractivity contribution in [1.29, 1.82) is 0 Å². The fraction of sp³-hybridized carbons (Fsp3) is 0.250. The van der Waals surface area contributed by atoms with Gasteiger partial charge in [-0.3, -0.25) is 4.79 Å². The predicted octanol–water partition coefficient (Wildman–Crippen LogP) is 3.31. The van der Waals surface area contributed by atoms with E-state index in [2.05, 4.69) is 11.9 Å². The van der Waals surface area contributed by atoms with Crippen LogP contribution in [0.1, 0.15) is 29.3 Å². The second-order valence-corrected chi connectivity index (χ2v) is 5.59. The van der Waals surface area contributed by atoms with Gasteiger partial charge in [0.2, 0.25) is 0 Å². The molecule has 3 N–H and O–H groups in total. The lowest BCUT2D eigenvalue weighted by Crippen LogP contribution is -2.19. The number of allylic oxidation sites excluding steroid dienone is 5. The standard InChI is InChI=1S/C20H27N3O/c1-6-16(11-12-17(14-21)23(4)5)13-15(2)18-9-7-8-10-19(18)20(24)22-3/h6-12,14H,2,13,21H2,1,3-5H3,(H,22,24)/b12-11-,16-6+,17-14-. The van der Waals surface area contributed by atoms with Gasteiger partial charge in [0, 0.05) is 32.9 Å². The molecule has 0 bridgehead atoms. The average Bonchev–Trinajstić information content (AvgIpc) is 2.59. The fourth-order valence-corrected chi connectivity index (χ4v) is 2.27. The van der Waals surface area contributed by atoms with Gasteiger partial charge in [-0.05, 0) is 42.2 Å². The lowest BCUT2D eigenvalue weighted by atomic mass is 9.94. The Kier molecular flexibility index (Phi) is 7.56. The summed E-state index contributed by atoms with van der Waals surface area (Å²) in [5.41, 5.74) is 10.1. The Bertz CT molecular complexity index is 682.